The van der Waals surface area contributed by atoms with E-state index in [2.05, 4.69) is 10.3 Å². The third-order valence-corrected chi connectivity index (χ3v) is 4.42. The normalized spacial score (nSPS) is 13.2. The maximum Gasteiger partial charge on any atom is 0.326 e. The van der Waals surface area contributed by atoms with Crippen molar-refractivity contribution in [3.05, 3.63) is 64.7 Å². The number of aromatic nitrogens is 2. The van der Waals surface area contributed by atoms with Crippen molar-refractivity contribution in [3.63, 3.8) is 0 Å². The average Bonchev–Trinajstić information content (AvgIpc) is 3.07. The Morgan fingerprint density at radius 1 is 1.25 bits per heavy atom. The standard InChI is InChI=1S/C19H20N4O5/c20-13(9-23-6-5-16(24)17(25)10-23)18(26)22-15(19(27)28)7-11-8-21-14-4-2-1-3-12(11)14/h1-6,8,10,13,15,21,25H,7,9,20H2,(H,22,26)(H,27,28)/t13-,15-/m0/s1. The van der Waals surface area contributed by atoms with Gasteiger partial charge in [-0.2, -0.15) is 0 Å². The Hall–Kier alpha value is -3.59. The number of aliphatic carboxylic acids is 1. The number of hydrogen-bond donors (Lipinski definition) is 5. The summed E-state index contributed by atoms with van der Waals surface area (Å²) in [7, 11) is 0. The summed E-state index contributed by atoms with van der Waals surface area (Å²) in [6, 6.07) is 6.40. The minimum absolute atomic E-state index is 0.0287. The molecule has 0 aliphatic rings. The smallest absolute Gasteiger partial charge is 0.326 e. The topological polar surface area (TPSA) is 150 Å². The van der Waals surface area contributed by atoms with Crippen molar-refractivity contribution in [2.24, 2.45) is 5.73 Å². The second-order valence-electron chi connectivity index (χ2n) is 6.46. The zero-order chi connectivity index (χ0) is 20.3. The van der Waals surface area contributed by atoms with Gasteiger partial charge in [0.1, 0.15) is 12.1 Å². The van der Waals surface area contributed by atoms with Crippen LogP contribution in [0.4, 0.5) is 0 Å². The number of nitrogens with one attached hydrogen (secondary N) is 2. The van der Waals surface area contributed by atoms with Crippen LogP contribution >= 0.6 is 0 Å². The number of carbonyl (C=O) groups excluding carboxylic acids is 1. The fraction of sp³-hybridized carbons (Fsp3) is 0.211. The molecule has 0 bridgehead atoms. The number of carboxylic acid groups (broad SMARTS) is 1. The predicted octanol–water partition coefficient (Wildman–Crippen LogP) is 0.175. The second kappa shape index (κ2) is 7.97. The summed E-state index contributed by atoms with van der Waals surface area (Å²) in [4.78, 5) is 38.3. The van der Waals surface area contributed by atoms with E-state index in [4.69, 9.17) is 5.73 Å². The van der Waals surface area contributed by atoms with Crippen molar-refractivity contribution in [2.75, 3.05) is 0 Å². The van der Waals surface area contributed by atoms with Crippen LogP contribution in [0.25, 0.3) is 10.9 Å². The Morgan fingerprint density at radius 3 is 2.71 bits per heavy atom. The van der Waals surface area contributed by atoms with Crippen LogP contribution in [0, 0.1) is 0 Å². The number of carbonyl (C=O) groups is 2. The fourth-order valence-electron chi connectivity index (χ4n) is 2.94. The van der Waals surface area contributed by atoms with Crippen LogP contribution < -0.4 is 16.5 Å². The Bertz CT molecular complexity index is 1070. The molecular weight excluding hydrogens is 364 g/mol. The number of pyridine rings is 1. The lowest BCUT2D eigenvalue weighted by molar-refractivity contribution is -0.142. The van der Waals surface area contributed by atoms with E-state index in [1.165, 1.54) is 10.8 Å². The van der Waals surface area contributed by atoms with Gasteiger partial charge in [0.15, 0.2) is 5.75 Å². The van der Waals surface area contributed by atoms with E-state index in [-0.39, 0.29) is 13.0 Å². The summed E-state index contributed by atoms with van der Waals surface area (Å²) in [5, 5.41) is 22.3. The van der Waals surface area contributed by atoms with Crippen LogP contribution in [0.1, 0.15) is 5.56 Å². The third kappa shape index (κ3) is 4.21. The number of rotatable bonds is 7. The van der Waals surface area contributed by atoms with Crippen molar-refractivity contribution in [2.45, 2.75) is 25.0 Å². The molecule has 0 radical (unpaired) electrons. The SMILES string of the molecule is N[C@@H](Cn1ccc(=O)c(O)c1)C(=O)N[C@@H](Cc1c[nH]c2ccccc12)C(=O)O. The Balaban J connectivity index is 1.69. The number of H-pyrrole nitrogens is 1. The minimum Gasteiger partial charge on any atom is -0.503 e. The average molecular weight is 384 g/mol. The lowest BCUT2D eigenvalue weighted by Gasteiger charge is -2.18. The first kappa shape index (κ1) is 19.2. The molecule has 0 saturated heterocycles. The third-order valence-electron chi connectivity index (χ3n) is 4.42. The molecule has 0 aliphatic carbocycles. The summed E-state index contributed by atoms with van der Waals surface area (Å²) in [6.07, 6.45) is 4.36. The summed E-state index contributed by atoms with van der Waals surface area (Å²) >= 11 is 0. The quantitative estimate of drug-likeness (QED) is 0.392. The van der Waals surface area contributed by atoms with Crippen LogP contribution in [0.15, 0.2) is 53.7 Å². The van der Waals surface area contributed by atoms with Gasteiger partial charge in [0.2, 0.25) is 11.3 Å². The molecule has 0 aliphatic heterocycles. The van der Waals surface area contributed by atoms with Gasteiger partial charge in [0.25, 0.3) is 0 Å². The minimum atomic E-state index is -1.17. The van der Waals surface area contributed by atoms with Crippen molar-refractivity contribution in [3.8, 4) is 5.75 Å². The van der Waals surface area contributed by atoms with Crippen LogP contribution in [0.2, 0.25) is 0 Å². The predicted molar refractivity (Wildman–Crippen MR) is 102 cm³/mol. The largest absolute Gasteiger partial charge is 0.503 e. The van der Waals surface area contributed by atoms with E-state index < -0.39 is 35.1 Å². The highest BCUT2D eigenvalue weighted by molar-refractivity contribution is 5.88. The molecule has 3 aromatic rings. The first-order chi connectivity index (χ1) is 13.3. The van der Waals surface area contributed by atoms with Crippen molar-refractivity contribution in [1.82, 2.24) is 14.9 Å². The van der Waals surface area contributed by atoms with Gasteiger partial charge in [-0.05, 0) is 11.6 Å². The van der Waals surface area contributed by atoms with Crippen LogP contribution in [-0.2, 0) is 22.6 Å². The number of aromatic amines is 1. The number of para-hydroxylation sites is 1. The number of nitrogens with zero attached hydrogens (tertiary/aromatic N) is 1. The molecule has 28 heavy (non-hydrogen) atoms. The molecule has 0 fully saturated rings. The summed E-state index contributed by atoms with van der Waals surface area (Å²) < 4.78 is 1.39. The number of hydrogen-bond acceptors (Lipinski definition) is 5. The summed E-state index contributed by atoms with van der Waals surface area (Å²) in [5.41, 5.74) is 6.96. The molecule has 2 aromatic heterocycles. The molecular formula is C19H20N4O5. The zero-order valence-corrected chi connectivity index (χ0v) is 14.8. The highest BCUT2D eigenvalue weighted by Crippen LogP contribution is 2.19. The molecule has 0 unspecified atom stereocenters. The van der Waals surface area contributed by atoms with E-state index >= 15 is 0 Å². The first-order valence-corrected chi connectivity index (χ1v) is 8.58. The molecule has 2 atom stereocenters. The Kier molecular flexibility index (Phi) is 5.46. The number of carboxylic acids is 1. The number of fused-ring (bicyclic) bond motifs is 1. The summed E-state index contributed by atoms with van der Waals surface area (Å²) in [5.74, 6) is -2.28. The summed E-state index contributed by atoms with van der Waals surface area (Å²) in [6.45, 7) is -0.0287. The molecule has 1 aromatic carbocycles. The Morgan fingerprint density at radius 2 is 2.00 bits per heavy atom. The highest BCUT2D eigenvalue weighted by atomic mass is 16.4. The van der Waals surface area contributed by atoms with Crippen LogP contribution in [0.3, 0.4) is 0 Å². The van der Waals surface area contributed by atoms with Gasteiger partial charge in [-0.15, -0.1) is 0 Å². The van der Waals surface area contributed by atoms with E-state index in [0.29, 0.717) is 0 Å². The lowest BCUT2D eigenvalue weighted by atomic mass is 10.0. The molecule has 9 nitrogen and oxygen atoms in total. The Labute approximate surface area is 159 Å². The first-order valence-electron chi connectivity index (χ1n) is 8.58. The van der Waals surface area contributed by atoms with E-state index in [1.54, 1.807) is 6.20 Å². The van der Waals surface area contributed by atoms with Crippen molar-refractivity contribution < 1.29 is 19.8 Å². The van der Waals surface area contributed by atoms with E-state index in [9.17, 15) is 24.6 Å². The second-order valence-corrected chi connectivity index (χ2v) is 6.46. The van der Waals surface area contributed by atoms with Gasteiger partial charge in [0, 0.05) is 48.5 Å². The van der Waals surface area contributed by atoms with Gasteiger partial charge in [-0.25, -0.2) is 4.79 Å². The van der Waals surface area contributed by atoms with Crippen molar-refractivity contribution in [1.29, 1.82) is 0 Å². The van der Waals surface area contributed by atoms with E-state index in [1.807, 2.05) is 24.3 Å². The molecule has 3 rings (SSSR count). The van der Waals surface area contributed by atoms with Gasteiger partial charge in [-0.3, -0.25) is 9.59 Å². The molecule has 9 heteroatoms. The maximum atomic E-state index is 12.4. The lowest BCUT2D eigenvalue weighted by Crippen LogP contribution is -2.50. The van der Waals surface area contributed by atoms with Gasteiger partial charge in [-0.1, -0.05) is 18.2 Å². The number of nitrogens with two attached hydrogens (primary N) is 1. The molecule has 6 N–H and O–H groups in total. The van der Waals surface area contributed by atoms with Crippen LogP contribution in [0.5, 0.6) is 5.75 Å². The number of aromatic hydroxyl groups is 1. The molecule has 2 heterocycles. The van der Waals surface area contributed by atoms with E-state index in [0.717, 1.165) is 28.7 Å². The molecule has 0 spiro atoms. The number of amides is 1. The molecule has 146 valence electrons. The fourth-order valence-corrected chi connectivity index (χ4v) is 2.94. The van der Waals surface area contributed by atoms with Gasteiger partial charge >= 0.3 is 5.97 Å². The zero-order valence-electron chi connectivity index (χ0n) is 14.8. The monoisotopic (exact) mass is 384 g/mol. The maximum absolute atomic E-state index is 12.4. The molecule has 1 amide bonds. The van der Waals surface area contributed by atoms with Gasteiger partial charge < -0.3 is 30.8 Å². The van der Waals surface area contributed by atoms with Crippen molar-refractivity contribution >= 4 is 22.8 Å². The van der Waals surface area contributed by atoms with Crippen LogP contribution in [-0.4, -0.2) is 43.7 Å². The van der Waals surface area contributed by atoms with Gasteiger partial charge in [0.05, 0.1) is 0 Å². The molecule has 0 saturated carbocycles. The number of benzene rings is 1. The highest BCUT2D eigenvalue weighted by Gasteiger charge is 2.24.